The van der Waals surface area contributed by atoms with Crippen LogP contribution < -0.4 is 5.32 Å². The van der Waals surface area contributed by atoms with Gasteiger partial charge < -0.3 is 10.2 Å². The number of aldehydes is 1. The van der Waals surface area contributed by atoms with E-state index in [-0.39, 0.29) is 0 Å². The zero-order chi connectivity index (χ0) is 7.28. The number of carbonyl (C=O) groups is 1. The SMILES string of the molecule is CN/C(C=O)=C\N(C)C. The Labute approximate surface area is 55.3 Å². The first-order valence-corrected chi connectivity index (χ1v) is 2.72. The second-order valence-electron chi connectivity index (χ2n) is 1.92. The van der Waals surface area contributed by atoms with Crippen molar-refractivity contribution >= 4 is 6.29 Å². The Kier molecular flexibility index (Phi) is 3.51. The molecule has 0 aromatic rings. The maximum atomic E-state index is 10.1. The molecule has 0 atom stereocenters. The Bertz CT molecular complexity index is 118. The van der Waals surface area contributed by atoms with E-state index in [0.717, 1.165) is 6.29 Å². The molecule has 0 saturated heterocycles. The molecule has 0 spiro atoms. The van der Waals surface area contributed by atoms with Crippen molar-refractivity contribution in [1.29, 1.82) is 0 Å². The van der Waals surface area contributed by atoms with Crippen LogP contribution in [-0.4, -0.2) is 32.3 Å². The fourth-order valence-corrected chi connectivity index (χ4v) is 0.432. The summed E-state index contributed by atoms with van der Waals surface area (Å²) in [5.41, 5.74) is 0.583. The number of carbonyl (C=O) groups excluding carboxylic acids is 1. The number of likely N-dealkylation sites (N-methyl/N-ethyl adjacent to an activating group) is 1. The molecule has 0 aliphatic heterocycles. The van der Waals surface area contributed by atoms with Crippen LogP contribution in [0.1, 0.15) is 0 Å². The molecule has 52 valence electrons. The van der Waals surface area contributed by atoms with Crippen molar-refractivity contribution in [2.45, 2.75) is 0 Å². The van der Waals surface area contributed by atoms with Crippen LogP contribution in [0.4, 0.5) is 0 Å². The summed E-state index contributed by atoms with van der Waals surface area (Å²) in [6, 6.07) is 0. The zero-order valence-corrected chi connectivity index (χ0v) is 6.01. The zero-order valence-electron chi connectivity index (χ0n) is 6.01. The van der Waals surface area contributed by atoms with Crippen LogP contribution in [0.15, 0.2) is 11.9 Å². The lowest BCUT2D eigenvalue weighted by molar-refractivity contribution is -0.105. The summed E-state index contributed by atoms with van der Waals surface area (Å²) in [5, 5.41) is 2.73. The van der Waals surface area contributed by atoms with Gasteiger partial charge in [0.05, 0.1) is 5.70 Å². The summed E-state index contributed by atoms with van der Waals surface area (Å²) < 4.78 is 0. The molecular weight excluding hydrogens is 116 g/mol. The predicted molar refractivity (Wildman–Crippen MR) is 36.9 cm³/mol. The summed E-state index contributed by atoms with van der Waals surface area (Å²) in [4.78, 5) is 11.9. The molecule has 0 saturated carbocycles. The van der Waals surface area contributed by atoms with Crippen LogP contribution in [0.3, 0.4) is 0 Å². The maximum absolute atomic E-state index is 10.1. The van der Waals surface area contributed by atoms with Gasteiger partial charge in [-0.2, -0.15) is 0 Å². The minimum atomic E-state index is 0.583. The number of nitrogens with zero attached hydrogens (tertiary/aromatic N) is 1. The van der Waals surface area contributed by atoms with E-state index in [9.17, 15) is 4.79 Å². The Morgan fingerprint density at radius 2 is 2.11 bits per heavy atom. The minimum absolute atomic E-state index is 0.583. The predicted octanol–water partition coefficient (Wildman–Crippen LogP) is -0.192. The third kappa shape index (κ3) is 3.58. The number of rotatable bonds is 3. The summed E-state index contributed by atoms with van der Waals surface area (Å²) in [6.07, 6.45) is 2.49. The summed E-state index contributed by atoms with van der Waals surface area (Å²) in [7, 11) is 5.44. The standard InChI is InChI=1S/C6H12N2O/c1-7-6(5-9)4-8(2)3/h4-5,7H,1-3H3/b6-4-. The Morgan fingerprint density at radius 3 is 2.22 bits per heavy atom. The number of nitrogens with one attached hydrogen (secondary N) is 1. The second-order valence-corrected chi connectivity index (χ2v) is 1.92. The molecule has 0 amide bonds. The van der Waals surface area contributed by atoms with Gasteiger partial charge in [0.25, 0.3) is 0 Å². The van der Waals surface area contributed by atoms with Gasteiger partial charge in [-0.1, -0.05) is 0 Å². The topological polar surface area (TPSA) is 32.3 Å². The van der Waals surface area contributed by atoms with E-state index >= 15 is 0 Å². The van der Waals surface area contributed by atoms with Crippen LogP contribution in [0.5, 0.6) is 0 Å². The third-order valence-corrected chi connectivity index (χ3v) is 0.813. The molecule has 0 unspecified atom stereocenters. The van der Waals surface area contributed by atoms with Crippen molar-refractivity contribution in [1.82, 2.24) is 10.2 Å². The van der Waals surface area contributed by atoms with Gasteiger partial charge in [0, 0.05) is 27.3 Å². The van der Waals surface area contributed by atoms with Crippen molar-refractivity contribution < 1.29 is 4.79 Å². The van der Waals surface area contributed by atoms with Crippen molar-refractivity contribution in [3.05, 3.63) is 11.9 Å². The van der Waals surface area contributed by atoms with Crippen LogP contribution in [0.25, 0.3) is 0 Å². The Balaban J connectivity index is 3.90. The molecule has 0 radical (unpaired) electrons. The lowest BCUT2D eigenvalue weighted by Gasteiger charge is -2.05. The van der Waals surface area contributed by atoms with Gasteiger partial charge in [0.1, 0.15) is 0 Å². The smallest absolute Gasteiger partial charge is 0.167 e. The van der Waals surface area contributed by atoms with Gasteiger partial charge in [-0.25, -0.2) is 0 Å². The first-order valence-electron chi connectivity index (χ1n) is 2.72. The van der Waals surface area contributed by atoms with Crippen LogP contribution in [-0.2, 0) is 4.79 Å². The molecule has 3 nitrogen and oxygen atoms in total. The molecule has 1 N–H and O–H groups in total. The number of allylic oxidation sites excluding steroid dienone is 1. The summed E-state index contributed by atoms with van der Waals surface area (Å²) >= 11 is 0. The second kappa shape index (κ2) is 3.95. The van der Waals surface area contributed by atoms with E-state index < -0.39 is 0 Å². The van der Waals surface area contributed by atoms with E-state index in [1.165, 1.54) is 0 Å². The highest BCUT2D eigenvalue weighted by atomic mass is 16.1. The molecular formula is C6H12N2O. The highest BCUT2D eigenvalue weighted by Gasteiger charge is 1.87. The van der Waals surface area contributed by atoms with E-state index in [0.29, 0.717) is 5.70 Å². The highest BCUT2D eigenvalue weighted by molar-refractivity contribution is 5.71. The average Bonchev–Trinajstić information content (AvgIpc) is 1.82. The quantitative estimate of drug-likeness (QED) is 0.422. The van der Waals surface area contributed by atoms with Gasteiger partial charge in [0.2, 0.25) is 0 Å². The molecule has 0 aromatic heterocycles. The molecule has 0 fully saturated rings. The van der Waals surface area contributed by atoms with Crippen LogP contribution in [0.2, 0.25) is 0 Å². The number of hydrogen-bond donors (Lipinski definition) is 1. The molecule has 0 aromatic carbocycles. The maximum Gasteiger partial charge on any atom is 0.167 e. The molecule has 0 heterocycles. The van der Waals surface area contributed by atoms with Crippen LogP contribution >= 0.6 is 0 Å². The fraction of sp³-hybridized carbons (Fsp3) is 0.500. The molecule has 0 rings (SSSR count). The van der Waals surface area contributed by atoms with Crippen molar-refractivity contribution in [3.8, 4) is 0 Å². The molecule has 0 aliphatic rings. The summed E-state index contributed by atoms with van der Waals surface area (Å²) in [5.74, 6) is 0. The van der Waals surface area contributed by atoms with Gasteiger partial charge in [-0.15, -0.1) is 0 Å². The first-order chi connectivity index (χ1) is 4.20. The minimum Gasteiger partial charge on any atom is -0.384 e. The lowest BCUT2D eigenvalue weighted by atomic mass is 10.5. The van der Waals surface area contributed by atoms with Gasteiger partial charge in [-0.3, -0.25) is 4.79 Å². The molecule has 0 aliphatic carbocycles. The Hall–Kier alpha value is -0.990. The van der Waals surface area contributed by atoms with Gasteiger partial charge in [-0.05, 0) is 0 Å². The lowest BCUT2D eigenvalue weighted by Crippen LogP contribution is -2.12. The summed E-state index contributed by atoms with van der Waals surface area (Å²) in [6.45, 7) is 0. The van der Waals surface area contributed by atoms with Gasteiger partial charge in [0.15, 0.2) is 6.29 Å². The van der Waals surface area contributed by atoms with Crippen molar-refractivity contribution in [2.24, 2.45) is 0 Å². The largest absolute Gasteiger partial charge is 0.384 e. The van der Waals surface area contributed by atoms with Crippen LogP contribution in [0, 0.1) is 0 Å². The normalized spacial score (nSPS) is 10.8. The van der Waals surface area contributed by atoms with Gasteiger partial charge >= 0.3 is 0 Å². The Morgan fingerprint density at radius 1 is 1.56 bits per heavy atom. The van der Waals surface area contributed by atoms with Crippen molar-refractivity contribution in [2.75, 3.05) is 21.1 Å². The van der Waals surface area contributed by atoms with E-state index in [4.69, 9.17) is 0 Å². The first kappa shape index (κ1) is 8.01. The molecule has 3 heteroatoms. The fourth-order valence-electron chi connectivity index (χ4n) is 0.432. The van der Waals surface area contributed by atoms with E-state index in [2.05, 4.69) is 5.32 Å². The van der Waals surface area contributed by atoms with E-state index in [1.807, 2.05) is 14.1 Å². The van der Waals surface area contributed by atoms with Crippen molar-refractivity contribution in [3.63, 3.8) is 0 Å². The number of hydrogen-bond acceptors (Lipinski definition) is 3. The highest BCUT2D eigenvalue weighted by Crippen LogP contribution is 1.82. The average molecular weight is 128 g/mol. The molecule has 9 heavy (non-hydrogen) atoms. The third-order valence-electron chi connectivity index (χ3n) is 0.813. The monoisotopic (exact) mass is 128 g/mol. The molecule has 0 bridgehead atoms. The van der Waals surface area contributed by atoms with E-state index in [1.54, 1.807) is 18.1 Å².